The predicted octanol–water partition coefficient (Wildman–Crippen LogP) is 2.71. The van der Waals surface area contributed by atoms with Crippen LogP contribution in [0.15, 0.2) is 23.1 Å². The predicted molar refractivity (Wildman–Crippen MR) is 116 cm³/mol. The molecule has 0 saturated carbocycles. The van der Waals surface area contributed by atoms with Crippen LogP contribution in [-0.4, -0.2) is 59.7 Å². The number of hydrogen-bond acceptors (Lipinski definition) is 6. The highest BCUT2D eigenvalue weighted by atomic mass is 32.2. The van der Waals surface area contributed by atoms with E-state index < -0.39 is 20.0 Å². The maximum Gasteiger partial charge on any atom is 0.243 e. The Morgan fingerprint density at radius 3 is 2.41 bits per heavy atom. The third-order valence-electron chi connectivity index (χ3n) is 4.67. The molecule has 0 atom stereocenters. The molecule has 29 heavy (non-hydrogen) atoms. The zero-order valence-corrected chi connectivity index (χ0v) is 19.1. The lowest BCUT2D eigenvalue weighted by Gasteiger charge is -2.26. The van der Waals surface area contributed by atoms with Crippen LogP contribution in [0.5, 0.6) is 0 Å². The Kier molecular flexibility index (Phi) is 8.74. The zero-order chi connectivity index (χ0) is 21.5. The number of nitrogens with one attached hydrogen (secondary N) is 2. The lowest BCUT2D eigenvalue weighted by Crippen LogP contribution is -2.40. The summed E-state index contributed by atoms with van der Waals surface area (Å²) in [5, 5.41) is 3.20. The van der Waals surface area contributed by atoms with Gasteiger partial charge < -0.3 is 10.1 Å². The quantitative estimate of drug-likeness (QED) is 0.506. The van der Waals surface area contributed by atoms with E-state index in [1.165, 1.54) is 16.4 Å². The van der Waals surface area contributed by atoms with Gasteiger partial charge >= 0.3 is 0 Å². The first-order valence-electron chi connectivity index (χ1n) is 10.1. The van der Waals surface area contributed by atoms with E-state index in [0.717, 1.165) is 12.8 Å². The summed E-state index contributed by atoms with van der Waals surface area (Å²) in [6, 6.07) is 4.56. The van der Waals surface area contributed by atoms with Crippen molar-refractivity contribution in [2.24, 2.45) is 5.92 Å². The summed E-state index contributed by atoms with van der Waals surface area (Å²) >= 11 is 0. The normalized spacial score (nSPS) is 16.1. The highest BCUT2D eigenvalue weighted by Crippen LogP contribution is 2.29. The molecular weight excluding hydrogens is 414 g/mol. The molecule has 0 radical (unpaired) electrons. The number of rotatable bonds is 11. The molecule has 1 aliphatic heterocycles. The van der Waals surface area contributed by atoms with Crippen LogP contribution in [0, 0.1) is 5.92 Å². The van der Waals surface area contributed by atoms with E-state index in [1.54, 1.807) is 6.07 Å². The van der Waals surface area contributed by atoms with Crippen molar-refractivity contribution in [2.45, 2.75) is 44.9 Å². The molecule has 1 saturated heterocycles. The topological polar surface area (TPSA) is 105 Å². The molecule has 0 aromatic heterocycles. The highest BCUT2D eigenvalue weighted by Gasteiger charge is 2.27. The van der Waals surface area contributed by atoms with Gasteiger partial charge in [-0.15, -0.1) is 0 Å². The molecule has 0 bridgehead atoms. The number of hydrogen-bond donors (Lipinski definition) is 2. The maximum atomic E-state index is 13.0. The molecule has 0 unspecified atom stereocenters. The van der Waals surface area contributed by atoms with Crippen LogP contribution in [0.2, 0.25) is 0 Å². The van der Waals surface area contributed by atoms with Crippen LogP contribution in [-0.2, 0) is 24.8 Å². The first kappa shape index (κ1) is 23.9. The number of ether oxygens (including phenoxy) is 1. The van der Waals surface area contributed by atoms with Crippen molar-refractivity contribution in [3.63, 3.8) is 0 Å². The van der Waals surface area contributed by atoms with E-state index in [9.17, 15) is 16.8 Å². The van der Waals surface area contributed by atoms with Crippen molar-refractivity contribution >= 4 is 31.4 Å². The van der Waals surface area contributed by atoms with Gasteiger partial charge in [0.15, 0.2) is 0 Å². The van der Waals surface area contributed by atoms with Gasteiger partial charge in [-0.2, -0.15) is 4.31 Å². The smallest absolute Gasteiger partial charge is 0.243 e. The Labute approximate surface area is 175 Å². The fourth-order valence-electron chi connectivity index (χ4n) is 2.87. The zero-order valence-electron chi connectivity index (χ0n) is 17.5. The second kappa shape index (κ2) is 10.6. The van der Waals surface area contributed by atoms with Gasteiger partial charge in [0.1, 0.15) is 0 Å². The van der Waals surface area contributed by atoms with Gasteiger partial charge in [-0.3, -0.25) is 4.72 Å². The third-order valence-corrected chi connectivity index (χ3v) is 7.87. The van der Waals surface area contributed by atoms with Crippen molar-refractivity contribution in [1.82, 2.24) is 4.31 Å². The largest absolute Gasteiger partial charge is 0.383 e. The van der Waals surface area contributed by atoms with E-state index in [1.807, 2.05) is 13.8 Å². The first-order valence-corrected chi connectivity index (χ1v) is 13.2. The lowest BCUT2D eigenvalue weighted by molar-refractivity contribution is 0.0730. The molecule has 0 spiro atoms. The second-order valence-corrected chi connectivity index (χ2v) is 11.4. The van der Waals surface area contributed by atoms with Crippen LogP contribution in [0.3, 0.4) is 0 Å². The summed E-state index contributed by atoms with van der Waals surface area (Å²) in [4.78, 5) is 0.0713. The molecule has 2 rings (SSSR count). The van der Waals surface area contributed by atoms with Gasteiger partial charge in [-0.25, -0.2) is 16.8 Å². The van der Waals surface area contributed by atoms with E-state index >= 15 is 0 Å². The minimum absolute atomic E-state index is 0.0144. The van der Waals surface area contributed by atoms with Gasteiger partial charge in [-0.05, 0) is 37.0 Å². The Morgan fingerprint density at radius 1 is 1.10 bits per heavy atom. The Bertz CT molecular complexity index is 864. The SMILES string of the molecule is CCCCNc1ccc(S(=O)(=O)N2CCOCC2)cc1NS(=O)(=O)CCC(C)C. The van der Waals surface area contributed by atoms with Crippen LogP contribution in [0.1, 0.15) is 40.0 Å². The van der Waals surface area contributed by atoms with Crippen LogP contribution in [0.25, 0.3) is 0 Å². The molecule has 1 fully saturated rings. The Balaban J connectivity index is 2.32. The second-order valence-electron chi connectivity index (χ2n) is 7.61. The Morgan fingerprint density at radius 2 is 1.79 bits per heavy atom. The number of anilines is 2. The van der Waals surface area contributed by atoms with E-state index in [2.05, 4.69) is 17.0 Å². The van der Waals surface area contributed by atoms with Crippen LogP contribution >= 0.6 is 0 Å². The average molecular weight is 448 g/mol. The molecule has 1 aliphatic rings. The van der Waals surface area contributed by atoms with Gasteiger partial charge in [-0.1, -0.05) is 27.2 Å². The minimum atomic E-state index is -3.72. The van der Waals surface area contributed by atoms with E-state index in [4.69, 9.17) is 4.74 Å². The molecule has 0 aliphatic carbocycles. The minimum Gasteiger partial charge on any atom is -0.383 e. The molecule has 2 N–H and O–H groups in total. The standard InChI is InChI=1S/C19H33N3O5S2/c1-4-5-9-20-18-7-6-17(29(25,26)22-10-12-27-13-11-22)15-19(18)21-28(23,24)14-8-16(2)3/h6-7,15-16,20-21H,4-5,8-14H2,1-3H3. The molecule has 1 aromatic carbocycles. The van der Waals surface area contributed by atoms with Crippen molar-refractivity contribution in [3.05, 3.63) is 18.2 Å². The summed E-state index contributed by atoms with van der Waals surface area (Å²) in [6.07, 6.45) is 2.44. The number of unbranched alkanes of at least 4 members (excludes halogenated alkanes) is 1. The van der Waals surface area contributed by atoms with Crippen molar-refractivity contribution in [3.8, 4) is 0 Å². The first-order chi connectivity index (χ1) is 13.7. The maximum absolute atomic E-state index is 13.0. The molecule has 166 valence electrons. The fraction of sp³-hybridized carbons (Fsp3) is 0.684. The number of nitrogens with zero attached hydrogens (tertiary/aromatic N) is 1. The third kappa shape index (κ3) is 7.13. The highest BCUT2D eigenvalue weighted by molar-refractivity contribution is 7.92. The number of benzene rings is 1. The molecular formula is C19H33N3O5S2. The van der Waals surface area contributed by atoms with Crippen molar-refractivity contribution in [1.29, 1.82) is 0 Å². The Hall–Kier alpha value is -1.36. The summed E-state index contributed by atoms with van der Waals surface area (Å²) in [5.74, 6) is 0.237. The number of morpholine rings is 1. The molecule has 8 nitrogen and oxygen atoms in total. The molecule has 1 heterocycles. The van der Waals surface area contributed by atoms with Gasteiger partial charge in [0, 0.05) is 19.6 Å². The molecule has 10 heteroatoms. The van der Waals surface area contributed by atoms with Crippen molar-refractivity contribution in [2.75, 3.05) is 48.6 Å². The van der Waals surface area contributed by atoms with Crippen molar-refractivity contribution < 1.29 is 21.6 Å². The molecule has 1 aromatic rings. The fourth-order valence-corrected chi connectivity index (χ4v) is 5.69. The van der Waals surface area contributed by atoms with Gasteiger partial charge in [0.05, 0.1) is 35.2 Å². The average Bonchev–Trinajstić information content (AvgIpc) is 2.68. The lowest BCUT2D eigenvalue weighted by atomic mass is 10.2. The summed E-state index contributed by atoms with van der Waals surface area (Å²) < 4.78 is 60.2. The van der Waals surface area contributed by atoms with Crippen LogP contribution < -0.4 is 10.0 Å². The summed E-state index contributed by atoms with van der Waals surface area (Å²) in [6.45, 7) is 7.94. The van der Waals surface area contributed by atoms with Crippen LogP contribution in [0.4, 0.5) is 11.4 Å². The van der Waals surface area contributed by atoms with Gasteiger partial charge in [0.2, 0.25) is 20.0 Å². The monoisotopic (exact) mass is 447 g/mol. The van der Waals surface area contributed by atoms with E-state index in [0.29, 0.717) is 31.9 Å². The van der Waals surface area contributed by atoms with Gasteiger partial charge in [0.25, 0.3) is 0 Å². The summed E-state index contributed by atoms with van der Waals surface area (Å²) in [5.41, 5.74) is 0.840. The molecule has 0 amide bonds. The number of sulfonamides is 2. The summed E-state index contributed by atoms with van der Waals surface area (Å²) in [7, 11) is -7.31. The van der Waals surface area contributed by atoms with E-state index in [-0.39, 0.29) is 35.3 Å².